The normalized spacial score (nSPS) is 14.3. The van der Waals surface area contributed by atoms with Crippen molar-refractivity contribution in [2.24, 2.45) is 5.92 Å². The van der Waals surface area contributed by atoms with E-state index in [1.54, 1.807) is 24.3 Å². The zero-order valence-electron chi connectivity index (χ0n) is 15.1. The average molecular weight is 362 g/mol. The summed E-state index contributed by atoms with van der Waals surface area (Å²) in [6, 6.07) is 6.35. The summed E-state index contributed by atoms with van der Waals surface area (Å²) in [4.78, 5) is 35.4. The molecule has 0 unspecified atom stereocenters. The molecular weight excluding hydrogens is 336 g/mol. The van der Waals surface area contributed by atoms with Gasteiger partial charge in [0.2, 0.25) is 5.91 Å². The zero-order chi connectivity index (χ0) is 18.8. The van der Waals surface area contributed by atoms with Gasteiger partial charge in [0.25, 0.3) is 5.91 Å². The van der Waals surface area contributed by atoms with E-state index in [2.05, 4.69) is 10.9 Å². The molecule has 1 aliphatic carbocycles. The van der Waals surface area contributed by atoms with Crippen LogP contribution in [0.3, 0.4) is 0 Å². The number of hydrogen-bond donors (Lipinski definition) is 2. The highest BCUT2D eigenvalue weighted by molar-refractivity contribution is 5.89. The third-order valence-electron chi connectivity index (χ3n) is 4.20. The monoisotopic (exact) mass is 362 g/mol. The SMILES string of the molecule is CCCOC(=O)c1ccc(OCC(=O)NNC(=O)C2CCCCC2)cc1. The first-order valence-electron chi connectivity index (χ1n) is 9.09. The van der Waals surface area contributed by atoms with Crippen LogP contribution in [0.15, 0.2) is 24.3 Å². The van der Waals surface area contributed by atoms with Gasteiger partial charge in [-0.15, -0.1) is 0 Å². The third kappa shape index (κ3) is 6.38. The van der Waals surface area contributed by atoms with Crippen LogP contribution >= 0.6 is 0 Å². The van der Waals surface area contributed by atoms with Gasteiger partial charge in [0.05, 0.1) is 12.2 Å². The maximum absolute atomic E-state index is 11.9. The van der Waals surface area contributed by atoms with Gasteiger partial charge in [-0.1, -0.05) is 26.2 Å². The highest BCUT2D eigenvalue weighted by Gasteiger charge is 2.21. The second kappa shape index (κ2) is 10.4. The number of amides is 2. The molecule has 7 nitrogen and oxygen atoms in total. The van der Waals surface area contributed by atoms with Crippen LogP contribution in [0.5, 0.6) is 5.75 Å². The van der Waals surface area contributed by atoms with Gasteiger partial charge >= 0.3 is 5.97 Å². The van der Waals surface area contributed by atoms with E-state index in [0.29, 0.717) is 17.9 Å². The topological polar surface area (TPSA) is 93.7 Å². The summed E-state index contributed by atoms with van der Waals surface area (Å²) in [5.41, 5.74) is 5.24. The zero-order valence-corrected chi connectivity index (χ0v) is 15.1. The van der Waals surface area contributed by atoms with Gasteiger partial charge in [-0.25, -0.2) is 4.79 Å². The molecule has 2 amide bonds. The Balaban J connectivity index is 1.69. The summed E-state index contributed by atoms with van der Waals surface area (Å²) in [7, 11) is 0. The number of carbonyl (C=O) groups is 3. The molecule has 0 radical (unpaired) electrons. The van der Waals surface area contributed by atoms with E-state index in [-0.39, 0.29) is 24.4 Å². The van der Waals surface area contributed by atoms with Crippen LogP contribution in [0.1, 0.15) is 55.8 Å². The number of esters is 1. The first kappa shape index (κ1) is 19.8. The van der Waals surface area contributed by atoms with Gasteiger partial charge in [0.15, 0.2) is 6.61 Å². The van der Waals surface area contributed by atoms with Gasteiger partial charge < -0.3 is 9.47 Å². The molecule has 1 aromatic carbocycles. The summed E-state index contributed by atoms with van der Waals surface area (Å²) in [6.45, 7) is 2.07. The summed E-state index contributed by atoms with van der Waals surface area (Å²) in [5, 5.41) is 0. The Morgan fingerprint density at radius 1 is 1.04 bits per heavy atom. The fourth-order valence-corrected chi connectivity index (χ4v) is 2.75. The molecule has 0 spiro atoms. The van der Waals surface area contributed by atoms with Crippen LogP contribution in [0.2, 0.25) is 0 Å². The number of rotatable bonds is 7. The van der Waals surface area contributed by atoms with Crippen LogP contribution in [-0.2, 0) is 14.3 Å². The van der Waals surface area contributed by atoms with Crippen molar-refractivity contribution in [1.82, 2.24) is 10.9 Å². The Kier molecular flexibility index (Phi) is 7.92. The lowest BCUT2D eigenvalue weighted by molar-refractivity contribution is -0.132. The molecule has 1 aromatic rings. The first-order chi connectivity index (χ1) is 12.6. The minimum atomic E-state index is -0.444. The van der Waals surface area contributed by atoms with E-state index in [1.165, 1.54) is 6.42 Å². The second-order valence-electron chi connectivity index (χ2n) is 6.32. The minimum absolute atomic E-state index is 0.0232. The quantitative estimate of drug-likeness (QED) is 0.574. The number of nitrogens with one attached hydrogen (secondary N) is 2. The molecule has 0 saturated heterocycles. The summed E-state index contributed by atoms with van der Waals surface area (Å²) in [6.07, 6.45) is 5.77. The Labute approximate surface area is 153 Å². The van der Waals surface area contributed by atoms with E-state index in [9.17, 15) is 14.4 Å². The molecule has 0 atom stereocenters. The molecule has 0 heterocycles. The standard InChI is InChI=1S/C19H26N2O5/c1-2-12-25-19(24)15-8-10-16(11-9-15)26-13-17(22)20-21-18(23)14-6-4-3-5-7-14/h8-11,14H,2-7,12-13H2,1H3,(H,20,22)(H,21,23). The Bertz CT molecular complexity index is 609. The van der Waals surface area contributed by atoms with Gasteiger partial charge in [-0.2, -0.15) is 0 Å². The molecule has 1 aliphatic rings. The minimum Gasteiger partial charge on any atom is -0.484 e. The molecule has 2 N–H and O–H groups in total. The van der Waals surface area contributed by atoms with E-state index >= 15 is 0 Å². The maximum Gasteiger partial charge on any atom is 0.338 e. The van der Waals surface area contributed by atoms with Crippen molar-refractivity contribution in [2.45, 2.75) is 45.4 Å². The molecule has 2 rings (SSSR count). The third-order valence-corrected chi connectivity index (χ3v) is 4.20. The van der Waals surface area contributed by atoms with Gasteiger partial charge in [0.1, 0.15) is 5.75 Å². The summed E-state index contributed by atoms with van der Waals surface area (Å²) < 4.78 is 10.4. The number of ether oxygens (including phenoxy) is 2. The lowest BCUT2D eigenvalue weighted by atomic mass is 9.89. The second-order valence-corrected chi connectivity index (χ2v) is 6.32. The van der Waals surface area contributed by atoms with Crippen LogP contribution < -0.4 is 15.6 Å². The van der Waals surface area contributed by atoms with Crippen molar-refractivity contribution in [3.05, 3.63) is 29.8 Å². The van der Waals surface area contributed by atoms with Gasteiger partial charge in [0, 0.05) is 5.92 Å². The fraction of sp³-hybridized carbons (Fsp3) is 0.526. The van der Waals surface area contributed by atoms with E-state index < -0.39 is 5.91 Å². The van der Waals surface area contributed by atoms with Crippen LogP contribution in [0, 0.1) is 5.92 Å². The highest BCUT2D eigenvalue weighted by Crippen LogP contribution is 2.23. The van der Waals surface area contributed by atoms with E-state index in [1.807, 2.05) is 6.92 Å². The predicted octanol–water partition coefficient (Wildman–Crippen LogP) is 2.36. The lowest BCUT2D eigenvalue weighted by Gasteiger charge is -2.20. The van der Waals surface area contributed by atoms with E-state index in [4.69, 9.17) is 9.47 Å². The molecule has 26 heavy (non-hydrogen) atoms. The molecular formula is C19H26N2O5. The van der Waals surface area contributed by atoms with Crippen molar-refractivity contribution in [3.8, 4) is 5.75 Å². The number of carbonyl (C=O) groups excluding carboxylic acids is 3. The smallest absolute Gasteiger partial charge is 0.338 e. The first-order valence-corrected chi connectivity index (χ1v) is 9.09. The Morgan fingerprint density at radius 3 is 2.38 bits per heavy atom. The largest absolute Gasteiger partial charge is 0.484 e. The number of benzene rings is 1. The Morgan fingerprint density at radius 2 is 1.73 bits per heavy atom. The lowest BCUT2D eigenvalue weighted by Crippen LogP contribution is -2.46. The fourth-order valence-electron chi connectivity index (χ4n) is 2.75. The van der Waals surface area contributed by atoms with Crippen molar-refractivity contribution in [1.29, 1.82) is 0 Å². The molecule has 0 aliphatic heterocycles. The van der Waals surface area contributed by atoms with E-state index in [0.717, 1.165) is 32.1 Å². The molecule has 142 valence electrons. The van der Waals surface area contributed by atoms with Crippen molar-refractivity contribution < 1.29 is 23.9 Å². The summed E-state index contributed by atoms with van der Waals surface area (Å²) in [5.74, 6) is -0.550. The van der Waals surface area contributed by atoms with Gasteiger partial charge in [-0.3, -0.25) is 20.4 Å². The molecule has 7 heteroatoms. The van der Waals surface area contributed by atoms with Crippen LogP contribution in [-0.4, -0.2) is 31.0 Å². The number of hydrogen-bond acceptors (Lipinski definition) is 5. The van der Waals surface area contributed by atoms with Crippen molar-refractivity contribution in [2.75, 3.05) is 13.2 Å². The molecule has 1 saturated carbocycles. The molecule has 1 fully saturated rings. The molecule has 0 aromatic heterocycles. The van der Waals surface area contributed by atoms with Crippen molar-refractivity contribution >= 4 is 17.8 Å². The number of hydrazine groups is 1. The predicted molar refractivity (Wildman–Crippen MR) is 95.4 cm³/mol. The summed E-state index contributed by atoms with van der Waals surface area (Å²) >= 11 is 0. The Hall–Kier alpha value is -2.57. The maximum atomic E-state index is 11.9. The van der Waals surface area contributed by atoms with Crippen molar-refractivity contribution in [3.63, 3.8) is 0 Å². The highest BCUT2D eigenvalue weighted by atomic mass is 16.5. The molecule has 0 bridgehead atoms. The van der Waals surface area contributed by atoms with Crippen LogP contribution in [0.4, 0.5) is 0 Å². The van der Waals surface area contributed by atoms with Gasteiger partial charge in [-0.05, 0) is 43.5 Å². The average Bonchev–Trinajstić information content (AvgIpc) is 2.69. The van der Waals surface area contributed by atoms with Crippen LogP contribution in [0.25, 0.3) is 0 Å².